The molecule has 1 rings (SSSR count). The molecule has 0 aromatic heterocycles. The number of hydrogen-bond donors (Lipinski definition) is 2. The molecule has 4 nitrogen and oxygen atoms in total. The molecule has 100 valence electrons. The quantitative estimate of drug-likeness (QED) is 0.779. The fourth-order valence-corrected chi connectivity index (χ4v) is 1.67. The first-order valence-corrected chi connectivity index (χ1v) is 6.35. The Kier molecular flexibility index (Phi) is 6.22. The highest BCUT2D eigenvalue weighted by molar-refractivity contribution is 5.94. The molecule has 1 aromatic carbocycles. The molecule has 0 saturated carbocycles. The summed E-state index contributed by atoms with van der Waals surface area (Å²) in [6, 6.07) is 7.07. The Hall–Kier alpha value is -1.55. The average Bonchev–Trinajstić information content (AvgIpc) is 2.39. The molecule has 0 fully saturated rings. The van der Waals surface area contributed by atoms with Crippen LogP contribution < -0.4 is 10.1 Å². The first-order chi connectivity index (χ1) is 8.71. The molecule has 1 amide bonds. The van der Waals surface area contributed by atoms with Gasteiger partial charge in [0.05, 0.1) is 6.61 Å². The van der Waals surface area contributed by atoms with Crippen molar-refractivity contribution in [1.82, 2.24) is 5.32 Å². The Balaban J connectivity index is 2.60. The Morgan fingerprint density at radius 2 is 2.00 bits per heavy atom. The SMILES string of the molecule is CCOc1ccc(C(=O)NC(CC)CCO)cc1. The molecular weight excluding hydrogens is 230 g/mol. The fourth-order valence-electron chi connectivity index (χ4n) is 1.67. The van der Waals surface area contributed by atoms with Crippen molar-refractivity contribution in [2.45, 2.75) is 32.7 Å². The predicted octanol–water partition coefficient (Wildman–Crippen LogP) is 1.98. The lowest BCUT2D eigenvalue weighted by atomic mass is 10.1. The second-order valence-corrected chi connectivity index (χ2v) is 4.05. The second-order valence-electron chi connectivity index (χ2n) is 4.05. The minimum absolute atomic E-state index is 0.0223. The number of nitrogens with one attached hydrogen (secondary N) is 1. The van der Waals surface area contributed by atoms with E-state index in [1.165, 1.54) is 0 Å². The summed E-state index contributed by atoms with van der Waals surface area (Å²) in [7, 11) is 0. The highest BCUT2D eigenvalue weighted by Crippen LogP contribution is 2.12. The van der Waals surface area contributed by atoms with E-state index in [9.17, 15) is 4.79 Å². The van der Waals surface area contributed by atoms with Gasteiger partial charge in [-0.05, 0) is 44.0 Å². The number of carbonyl (C=O) groups is 1. The van der Waals surface area contributed by atoms with Crippen molar-refractivity contribution >= 4 is 5.91 Å². The van der Waals surface area contributed by atoms with Crippen LogP contribution in [-0.4, -0.2) is 30.3 Å². The number of aliphatic hydroxyl groups is 1. The Labute approximate surface area is 108 Å². The van der Waals surface area contributed by atoms with E-state index in [0.717, 1.165) is 12.2 Å². The van der Waals surface area contributed by atoms with E-state index in [-0.39, 0.29) is 18.6 Å². The zero-order valence-electron chi connectivity index (χ0n) is 11.0. The molecule has 0 aliphatic heterocycles. The zero-order valence-corrected chi connectivity index (χ0v) is 11.0. The van der Waals surface area contributed by atoms with Gasteiger partial charge in [0.25, 0.3) is 5.91 Å². The fraction of sp³-hybridized carbons (Fsp3) is 0.500. The normalized spacial score (nSPS) is 11.9. The van der Waals surface area contributed by atoms with Crippen molar-refractivity contribution in [3.05, 3.63) is 29.8 Å². The van der Waals surface area contributed by atoms with Crippen LogP contribution in [0.2, 0.25) is 0 Å². The van der Waals surface area contributed by atoms with Gasteiger partial charge in [-0.25, -0.2) is 0 Å². The van der Waals surface area contributed by atoms with Crippen LogP contribution in [0.15, 0.2) is 24.3 Å². The van der Waals surface area contributed by atoms with Crippen molar-refractivity contribution < 1.29 is 14.6 Å². The maximum Gasteiger partial charge on any atom is 0.251 e. The van der Waals surface area contributed by atoms with Crippen LogP contribution in [0.25, 0.3) is 0 Å². The molecular formula is C14H21NO3. The van der Waals surface area contributed by atoms with Crippen LogP contribution in [0.5, 0.6) is 5.75 Å². The Morgan fingerprint density at radius 3 is 2.50 bits per heavy atom. The Bertz CT molecular complexity index is 362. The number of hydrogen-bond acceptors (Lipinski definition) is 3. The van der Waals surface area contributed by atoms with Gasteiger partial charge in [0.1, 0.15) is 5.75 Å². The van der Waals surface area contributed by atoms with Gasteiger partial charge in [0, 0.05) is 18.2 Å². The summed E-state index contributed by atoms with van der Waals surface area (Å²) in [6.45, 7) is 4.60. The van der Waals surface area contributed by atoms with E-state index in [0.29, 0.717) is 18.6 Å². The smallest absolute Gasteiger partial charge is 0.251 e. The predicted molar refractivity (Wildman–Crippen MR) is 70.9 cm³/mol. The third kappa shape index (κ3) is 4.37. The molecule has 1 unspecified atom stereocenters. The van der Waals surface area contributed by atoms with Crippen LogP contribution in [0.3, 0.4) is 0 Å². The highest BCUT2D eigenvalue weighted by atomic mass is 16.5. The van der Waals surface area contributed by atoms with Crippen LogP contribution >= 0.6 is 0 Å². The number of amides is 1. The van der Waals surface area contributed by atoms with E-state index in [1.54, 1.807) is 24.3 Å². The highest BCUT2D eigenvalue weighted by Gasteiger charge is 2.11. The first-order valence-electron chi connectivity index (χ1n) is 6.35. The van der Waals surface area contributed by atoms with E-state index in [1.807, 2.05) is 13.8 Å². The summed E-state index contributed by atoms with van der Waals surface area (Å²) in [5.41, 5.74) is 0.606. The minimum atomic E-state index is -0.113. The van der Waals surface area contributed by atoms with Gasteiger partial charge in [-0.2, -0.15) is 0 Å². The third-order valence-electron chi connectivity index (χ3n) is 2.73. The molecule has 0 aliphatic carbocycles. The third-order valence-corrected chi connectivity index (χ3v) is 2.73. The molecule has 0 saturated heterocycles. The number of carbonyl (C=O) groups excluding carboxylic acids is 1. The lowest BCUT2D eigenvalue weighted by molar-refractivity contribution is 0.0929. The number of benzene rings is 1. The minimum Gasteiger partial charge on any atom is -0.494 e. The molecule has 0 spiro atoms. The lowest BCUT2D eigenvalue weighted by Gasteiger charge is -2.15. The largest absolute Gasteiger partial charge is 0.494 e. The maximum absolute atomic E-state index is 11.9. The summed E-state index contributed by atoms with van der Waals surface area (Å²) in [5, 5.41) is 11.8. The van der Waals surface area contributed by atoms with E-state index < -0.39 is 0 Å². The zero-order chi connectivity index (χ0) is 13.4. The van der Waals surface area contributed by atoms with Crippen molar-refractivity contribution in [1.29, 1.82) is 0 Å². The van der Waals surface area contributed by atoms with Gasteiger partial charge in [-0.3, -0.25) is 4.79 Å². The molecule has 0 aliphatic rings. The van der Waals surface area contributed by atoms with Gasteiger partial charge in [-0.1, -0.05) is 6.92 Å². The van der Waals surface area contributed by atoms with Gasteiger partial charge < -0.3 is 15.2 Å². The van der Waals surface area contributed by atoms with E-state index in [4.69, 9.17) is 9.84 Å². The molecule has 1 atom stereocenters. The summed E-state index contributed by atoms with van der Waals surface area (Å²) in [4.78, 5) is 11.9. The summed E-state index contributed by atoms with van der Waals surface area (Å²) in [6.07, 6.45) is 1.39. The van der Waals surface area contributed by atoms with Crippen molar-refractivity contribution in [2.75, 3.05) is 13.2 Å². The maximum atomic E-state index is 11.9. The Morgan fingerprint density at radius 1 is 1.33 bits per heavy atom. The van der Waals surface area contributed by atoms with Crippen LogP contribution in [-0.2, 0) is 0 Å². The number of ether oxygens (including phenoxy) is 1. The van der Waals surface area contributed by atoms with Gasteiger partial charge in [-0.15, -0.1) is 0 Å². The first kappa shape index (κ1) is 14.5. The summed E-state index contributed by atoms with van der Waals surface area (Å²) >= 11 is 0. The summed E-state index contributed by atoms with van der Waals surface area (Å²) < 4.78 is 5.32. The molecule has 18 heavy (non-hydrogen) atoms. The monoisotopic (exact) mass is 251 g/mol. The van der Waals surface area contributed by atoms with Crippen LogP contribution in [0.4, 0.5) is 0 Å². The van der Waals surface area contributed by atoms with Crippen molar-refractivity contribution in [2.24, 2.45) is 0 Å². The number of rotatable bonds is 7. The van der Waals surface area contributed by atoms with Gasteiger partial charge >= 0.3 is 0 Å². The molecule has 0 radical (unpaired) electrons. The van der Waals surface area contributed by atoms with Crippen LogP contribution in [0, 0.1) is 0 Å². The average molecular weight is 251 g/mol. The number of aliphatic hydroxyl groups excluding tert-OH is 1. The molecule has 0 bridgehead atoms. The van der Waals surface area contributed by atoms with E-state index in [2.05, 4.69) is 5.32 Å². The van der Waals surface area contributed by atoms with Crippen molar-refractivity contribution in [3.63, 3.8) is 0 Å². The standard InChI is InChI=1S/C14H21NO3/c1-3-12(9-10-16)15-14(17)11-5-7-13(8-6-11)18-4-2/h5-8,12,16H,3-4,9-10H2,1-2H3,(H,15,17). The van der Waals surface area contributed by atoms with Crippen LogP contribution in [0.1, 0.15) is 37.0 Å². The molecule has 1 aromatic rings. The molecule has 4 heteroatoms. The van der Waals surface area contributed by atoms with Gasteiger partial charge in [0.2, 0.25) is 0 Å². The topological polar surface area (TPSA) is 58.6 Å². The van der Waals surface area contributed by atoms with Crippen molar-refractivity contribution in [3.8, 4) is 5.75 Å². The lowest BCUT2D eigenvalue weighted by Crippen LogP contribution is -2.35. The molecule has 0 heterocycles. The second kappa shape index (κ2) is 7.71. The summed E-state index contributed by atoms with van der Waals surface area (Å²) in [5.74, 6) is 0.648. The van der Waals surface area contributed by atoms with Gasteiger partial charge in [0.15, 0.2) is 0 Å². The molecule has 2 N–H and O–H groups in total. The van der Waals surface area contributed by atoms with E-state index >= 15 is 0 Å².